The highest BCUT2D eigenvalue weighted by molar-refractivity contribution is 5.91. The molecule has 2 heterocycles. The number of ether oxygens (including phenoxy) is 2. The Bertz CT molecular complexity index is 1060. The molecule has 3 aromatic rings. The monoisotopic (exact) mass is 446 g/mol. The van der Waals surface area contributed by atoms with Crippen molar-refractivity contribution >= 4 is 17.5 Å². The number of nitrogens with one attached hydrogen (secondary N) is 1. The number of para-hydroxylation sites is 2. The maximum Gasteiger partial charge on any atom is 0.321 e. The third kappa shape index (κ3) is 5.55. The average Bonchev–Trinajstić information content (AvgIpc) is 2.85. The first-order valence-electron chi connectivity index (χ1n) is 11.1. The van der Waals surface area contributed by atoms with Gasteiger partial charge in [-0.05, 0) is 42.0 Å². The zero-order valence-corrected chi connectivity index (χ0v) is 19.3. The van der Waals surface area contributed by atoms with Crippen molar-refractivity contribution in [1.29, 1.82) is 0 Å². The topological polar surface area (TPSA) is 66.9 Å². The number of pyridine rings is 1. The highest BCUT2D eigenvalue weighted by Crippen LogP contribution is 2.26. The number of aromatic nitrogens is 1. The number of anilines is 2. The number of likely N-dealkylation sites (tertiary alicyclic amines) is 1. The zero-order valence-electron chi connectivity index (χ0n) is 19.3. The van der Waals surface area contributed by atoms with Crippen LogP contribution in [0.3, 0.4) is 0 Å². The second-order valence-corrected chi connectivity index (χ2v) is 8.26. The molecule has 0 radical (unpaired) electrons. The van der Waals surface area contributed by atoms with Gasteiger partial charge in [0.25, 0.3) is 0 Å². The van der Waals surface area contributed by atoms with Crippen LogP contribution in [0.4, 0.5) is 16.3 Å². The maximum absolute atomic E-state index is 12.6. The van der Waals surface area contributed by atoms with Gasteiger partial charge in [0.1, 0.15) is 23.4 Å². The summed E-state index contributed by atoms with van der Waals surface area (Å²) in [5.74, 6) is 2.42. The van der Waals surface area contributed by atoms with Gasteiger partial charge in [-0.2, -0.15) is 0 Å². The molecule has 1 saturated heterocycles. The first-order chi connectivity index (χ1) is 16.0. The van der Waals surface area contributed by atoms with Gasteiger partial charge in [-0.1, -0.05) is 24.3 Å². The van der Waals surface area contributed by atoms with Gasteiger partial charge < -0.3 is 24.6 Å². The van der Waals surface area contributed by atoms with Gasteiger partial charge in [-0.3, -0.25) is 0 Å². The summed E-state index contributed by atoms with van der Waals surface area (Å²) in [5, 5.41) is 2.94. The predicted octanol–water partition coefficient (Wildman–Crippen LogP) is 4.90. The number of benzene rings is 2. The molecule has 33 heavy (non-hydrogen) atoms. The minimum Gasteiger partial charge on any atom is -0.495 e. The highest BCUT2D eigenvalue weighted by atomic mass is 16.5. The van der Waals surface area contributed by atoms with Crippen LogP contribution in [0.1, 0.15) is 12.8 Å². The van der Waals surface area contributed by atoms with E-state index in [0.29, 0.717) is 24.5 Å². The third-order valence-corrected chi connectivity index (χ3v) is 5.77. The molecule has 0 unspecified atom stereocenters. The normalized spacial score (nSPS) is 14.0. The highest BCUT2D eigenvalue weighted by Gasteiger charge is 2.24. The van der Waals surface area contributed by atoms with Crippen LogP contribution in [-0.4, -0.2) is 56.3 Å². The van der Waals surface area contributed by atoms with Crippen molar-refractivity contribution in [3.63, 3.8) is 0 Å². The quantitative estimate of drug-likeness (QED) is 0.583. The van der Waals surface area contributed by atoms with Crippen molar-refractivity contribution < 1.29 is 14.3 Å². The molecule has 0 atom stereocenters. The van der Waals surface area contributed by atoms with E-state index >= 15 is 0 Å². The van der Waals surface area contributed by atoms with Crippen molar-refractivity contribution in [3.05, 3.63) is 66.9 Å². The van der Waals surface area contributed by atoms with E-state index in [1.165, 1.54) is 0 Å². The molecule has 1 aromatic heterocycles. The Morgan fingerprint density at radius 1 is 1.00 bits per heavy atom. The van der Waals surface area contributed by atoms with Crippen molar-refractivity contribution in [2.24, 2.45) is 0 Å². The molecule has 1 aliphatic rings. The first kappa shape index (κ1) is 22.5. The minimum absolute atomic E-state index is 0.0900. The molecule has 1 fully saturated rings. The van der Waals surface area contributed by atoms with Crippen molar-refractivity contribution in [2.75, 3.05) is 44.5 Å². The number of nitrogens with zero attached hydrogens (tertiary/aromatic N) is 3. The molecule has 7 heteroatoms. The largest absolute Gasteiger partial charge is 0.495 e. The molecule has 0 aliphatic carbocycles. The SMILES string of the molecule is COc1ccccc1NC(=O)N1CCC(Oc2ccc(-c3ccc(N(C)C)nc3)cc2)CC1. The van der Waals surface area contributed by atoms with Gasteiger partial charge >= 0.3 is 6.03 Å². The fraction of sp³-hybridized carbons (Fsp3) is 0.308. The van der Waals surface area contributed by atoms with E-state index in [-0.39, 0.29) is 12.1 Å². The van der Waals surface area contributed by atoms with Crippen LogP contribution >= 0.6 is 0 Å². The number of methoxy groups -OCH3 is 1. The third-order valence-electron chi connectivity index (χ3n) is 5.77. The van der Waals surface area contributed by atoms with E-state index in [9.17, 15) is 4.79 Å². The van der Waals surface area contributed by atoms with Crippen LogP contribution in [-0.2, 0) is 0 Å². The van der Waals surface area contributed by atoms with E-state index in [1.807, 2.05) is 72.6 Å². The van der Waals surface area contributed by atoms with Crippen LogP contribution in [0.15, 0.2) is 66.9 Å². The summed E-state index contributed by atoms with van der Waals surface area (Å²) in [4.78, 5) is 20.9. The number of hydrogen-bond donors (Lipinski definition) is 1. The summed E-state index contributed by atoms with van der Waals surface area (Å²) < 4.78 is 11.5. The predicted molar refractivity (Wildman–Crippen MR) is 131 cm³/mol. The number of carbonyl (C=O) groups excluding carboxylic acids is 1. The van der Waals surface area contributed by atoms with Crippen LogP contribution in [0.25, 0.3) is 11.1 Å². The lowest BCUT2D eigenvalue weighted by molar-refractivity contribution is 0.115. The molecule has 0 spiro atoms. The number of amides is 2. The van der Waals surface area contributed by atoms with Crippen LogP contribution < -0.4 is 19.7 Å². The van der Waals surface area contributed by atoms with Crippen molar-refractivity contribution in [3.8, 4) is 22.6 Å². The molecule has 1 aliphatic heterocycles. The Balaban J connectivity index is 1.28. The van der Waals surface area contributed by atoms with Crippen molar-refractivity contribution in [2.45, 2.75) is 18.9 Å². The molecular formula is C26H30N4O3. The van der Waals surface area contributed by atoms with Gasteiger partial charge in [0, 0.05) is 51.8 Å². The van der Waals surface area contributed by atoms with Crippen LogP contribution in [0, 0.1) is 0 Å². The second-order valence-electron chi connectivity index (χ2n) is 8.26. The van der Waals surface area contributed by atoms with Gasteiger partial charge in [-0.15, -0.1) is 0 Å². The summed E-state index contributed by atoms with van der Waals surface area (Å²) in [7, 11) is 5.55. The van der Waals surface area contributed by atoms with Crippen LogP contribution in [0.2, 0.25) is 0 Å². The second kappa shape index (κ2) is 10.3. The fourth-order valence-electron chi connectivity index (χ4n) is 3.86. The van der Waals surface area contributed by atoms with E-state index < -0.39 is 0 Å². The Kier molecular flexibility index (Phi) is 6.98. The number of carbonyl (C=O) groups is 1. The van der Waals surface area contributed by atoms with Crippen molar-refractivity contribution in [1.82, 2.24) is 9.88 Å². The number of urea groups is 1. The molecule has 4 rings (SSSR count). The smallest absolute Gasteiger partial charge is 0.321 e. The lowest BCUT2D eigenvalue weighted by Crippen LogP contribution is -2.43. The molecular weight excluding hydrogens is 416 g/mol. The lowest BCUT2D eigenvalue weighted by atomic mass is 10.1. The van der Waals surface area contributed by atoms with E-state index in [4.69, 9.17) is 9.47 Å². The first-order valence-corrected chi connectivity index (χ1v) is 11.1. The molecule has 2 aromatic carbocycles. The summed E-state index contributed by atoms with van der Waals surface area (Å²) in [6.07, 6.45) is 3.55. The summed E-state index contributed by atoms with van der Waals surface area (Å²) >= 11 is 0. The lowest BCUT2D eigenvalue weighted by Gasteiger charge is -2.32. The standard InChI is InChI=1S/C26H30N4O3/c1-29(2)25-13-10-20(18-27-25)19-8-11-21(12-9-19)33-22-14-16-30(17-15-22)26(31)28-23-6-4-5-7-24(23)32-3/h4-13,18,22H,14-17H2,1-3H3,(H,28,31). The van der Waals surface area contributed by atoms with Gasteiger partial charge in [0.05, 0.1) is 12.8 Å². The fourth-order valence-corrected chi connectivity index (χ4v) is 3.86. The maximum atomic E-state index is 12.6. The zero-order chi connectivity index (χ0) is 23.2. The Morgan fingerprint density at radius 3 is 2.33 bits per heavy atom. The van der Waals surface area contributed by atoms with Gasteiger partial charge in [0.15, 0.2) is 0 Å². The molecule has 7 nitrogen and oxygen atoms in total. The van der Waals surface area contributed by atoms with E-state index in [0.717, 1.165) is 35.5 Å². The Labute approximate surface area is 195 Å². The molecule has 0 bridgehead atoms. The average molecular weight is 447 g/mol. The number of rotatable bonds is 6. The van der Waals surface area contributed by atoms with E-state index in [1.54, 1.807) is 7.11 Å². The molecule has 0 saturated carbocycles. The molecule has 1 N–H and O–H groups in total. The Morgan fingerprint density at radius 2 is 1.70 bits per heavy atom. The van der Waals surface area contributed by atoms with Gasteiger partial charge in [-0.25, -0.2) is 9.78 Å². The van der Waals surface area contributed by atoms with Gasteiger partial charge in [0.2, 0.25) is 0 Å². The Hall–Kier alpha value is -3.74. The number of piperidine rings is 1. The number of hydrogen-bond acceptors (Lipinski definition) is 5. The molecule has 172 valence electrons. The molecule has 2 amide bonds. The summed E-state index contributed by atoms with van der Waals surface area (Å²) in [6.45, 7) is 1.29. The summed E-state index contributed by atoms with van der Waals surface area (Å²) in [6, 6.07) is 19.5. The summed E-state index contributed by atoms with van der Waals surface area (Å²) in [5.41, 5.74) is 2.85. The minimum atomic E-state index is -0.115. The van der Waals surface area contributed by atoms with E-state index in [2.05, 4.69) is 28.5 Å². The van der Waals surface area contributed by atoms with Crippen LogP contribution in [0.5, 0.6) is 11.5 Å².